The molecular weight excluding hydrogens is 1100 g/mol. The van der Waals surface area contributed by atoms with Gasteiger partial charge in [-0.15, -0.1) is 0 Å². The molecule has 0 aliphatic carbocycles. The molecule has 0 saturated carbocycles. The highest BCUT2D eigenvalue weighted by molar-refractivity contribution is 7.00. The molecule has 5 heterocycles. The van der Waals surface area contributed by atoms with Crippen LogP contribution in [-0.2, 0) is 21.7 Å². The van der Waals surface area contributed by atoms with Crippen LogP contribution >= 0.6 is 0 Å². The van der Waals surface area contributed by atoms with E-state index in [-0.39, 0.29) is 28.4 Å². The van der Waals surface area contributed by atoms with E-state index in [1.54, 1.807) is 0 Å². The standard InChI is InChI=1S/C82H74BN5O2/c1-79(2,3)51-41-52(80(4,5)6)44-57(43-51)87-70-47-55(84-66-29-17-21-33-74(66)89-75-34-22-18-30-67(75)84)37-39-62(70)83-63-40-38-56(85-68-31-19-23-35-76(68)90-77-36-24-20-32-69(77)85)48-71(63)88(58-45-53(81(7,8)9)42-54(46-58)82(10,11)12)73-50-59(49-72(87)78(73)83)86-64-27-15-13-25-60(64)61-26-14-16-28-65(61)86/h13-50H,1-12H3. The lowest BCUT2D eigenvalue weighted by Crippen LogP contribution is -2.61. The average Bonchev–Trinajstić information content (AvgIpc) is 0.804. The van der Waals surface area contributed by atoms with Crippen molar-refractivity contribution >= 4 is 113 Å². The van der Waals surface area contributed by atoms with E-state index >= 15 is 0 Å². The Morgan fingerprint density at radius 3 is 0.911 bits per heavy atom. The van der Waals surface area contributed by atoms with Gasteiger partial charge in [-0.25, -0.2) is 0 Å². The van der Waals surface area contributed by atoms with Crippen molar-refractivity contribution in [2.45, 2.75) is 105 Å². The zero-order valence-electron chi connectivity index (χ0n) is 53.6. The largest absolute Gasteiger partial charge is 0.453 e. The van der Waals surface area contributed by atoms with E-state index in [4.69, 9.17) is 9.47 Å². The maximum absolute atomic E-state index is 6.69. The fourth-order valence-electron chi connectivity index (χ4n) is 14.3. The molecule has 12 aromatic rings. The highest BCUT2D eigenvalue weighted by Gasteiger charge is 2.46. The number of ether oxygens (including phenoxy) is 2. The third kappa shape index (κ3) is 8.76. The second kappa shape index (κ2) is 19.8. The molecule has 4 aliphatic rings. The summed E-state index contributed by atoms with van der Waals surface area (Å²) in [5, 5.41) is 2.43. The number of rotatable bonds is 5. The minimum Gasteiger partial charge on any atom is -0.453 e. The van der Waals surface area contributed by atoms with E-state index in [1.807, 2.05) is 0 Å². The number of hydrogen-bond donors (Lipinski definition) is 0. The van der Waals surface area contributed by atoms with Crippen molar-refractivity contribution in [2.24, 2.45) is 0 Å². The van der Waals surface area contributed by atoms with Crippen LogP contribution in [0.5, 0.6) is 23.0 Å². The van der Waals surface area contributed by atoms with E-state index in [0.717, 1.165) is 108 Å². The highest BCUT2D eigenvalue weighted by atomic mass is 16.5. The Morgan fingerprint density at radius 2 is 0.567 bits per heavy atom. The number of para-hydroxylation sites is 10. The molecule has 0 spiro atoms. The van der Waals surface area contributed by atoms with Gasteiger partial charge >= 0.3 is 0 Å². The molecule has 1 aromatic heterocycles. The van der Waals surface area contributed by atoms with E-state index in [1.165, 1.54) is 49.4 Å². The van der Waals surface area contributed by atoms with Gasteiger partial charge in [0.25, 0.3) is 6.71 Å². The first-order chi connectivity index (χ1) is 43.2. The minimum atomic E-state index is -0.211. The van der Waals surface area contributed by atoms with Gasteiger partial charge in [-0.05, 0) is 182 Å². The van der Waals surface area contributed by atoms with Gasteiger partial charge in [-0.2, -0.15) is 0 Å². The van der Waals surface area contributed by atoms with Crippen molar-refractivity contribution in [3.63, 3.8) is 0 Å². The van der Waals surface area contributed by atoms with Gasteiger partial charge < -0.3 is 33.6 Å². The third-order valence-electron chi connectivity index (χ3n) is 19.1. The summed E-state index contributed by atoms with van der Waals surface area (Å²) in [7, 11) is 0. The van der Waals surface area contributed by atoms with Gasteiger partial charge in [0, 0.05) is 56.3 Å². The maximum Gasteiger partial charge on any atom is 0.252 e. The molecule has 4 aliphatic heterocycles. The molecule has 0 unspecified atom stereocenters. The zero-order chi connectivity index (χ0) is 61.9. The average molecular weight is 1170 g/mol. The third-order valence-corrected chi connectivity index (χ3v) is 19.1. The highest BCUT2D eigenvalue weighted by Crippen LogP contribution is 2.56. The van der Waals surface area contributed by atoms with Crippen molar-refractivity contribution < 1.29 is 9.47 Å². The lowest BCUT2D eigenvalue weighted by Gasteiger charge is -2.46. The Morgan fingerprint density at radius 1 is 0.267 bits per heavy atom. The van der Waals surface area contributed by atoms with Crippen LogP contribution < -0.4 is 45.5 Å². The topological polar surface area (TPSA) is 36.4 Å². The van der Waals surface area contributed by atoms with Crippen molar-refractivity contribution in [3.05, 3.63) is 253 Å². The number of aromatic nitrogens is 1. The second-order valence-electron chi connectivity index (χ2n) is 29.1. The fourth-order valence-corrected chi connectivity index (χ4v) is 14.3. The van der Waals surface area contributed by atoms with Crippen LogP contribution in [0.3, 0.4) is 0 Å². The number of nitrogens with zero attached hydrogens (tertiary/aromatic N) is 5. The van der Waals surface area contributed by atoms with Crippen LogP contribution in [0.1, 0.15) is 105 Å². The molecular formula is C82H74BN5O2. The predicted molar refractivity (Wildman–Crippen MR) is 379 cm³/mol. The maximum atomic E-state index is 6.69. The van der Waals surface area contributed by atoms with Crippen molar-refractivity contribution in [2.75, 3.05) is 19.6 Å². The summed E-state index contributed by atoms with van der Waals surface area (Å²) >= 11 is 0. The summed E-state index contributed by atoms with van der Waals surface area (Å²) < 4.78 is 15.9. The van der Waals surface area contributed by atoms with E-state index in [9.17, 15) is 0 Å². The van der Waals surface area contributed by atoms with Gasteiger partial charge in [-0.3, -0.25) is 0 Å². The summed E-state index contributed by atoms with van der Waals surface area (Å²) in [5.74, 6) is 3.27. The van der Waals surface area contributed by atoms with Crippen LogP contribution in [-0.4, -0.2) is 11.3 Å². The molecule has 0 atom stereocenters. The quantitative estimate of drug-likeness (QED) is 0.160. The zero-order valence-corrected chi connectivity index (χ0v) is 53.6. The molecule has 8 heteroatoms. The molecule has 0 N–H and O–H groups in total. The first-order valence-corrected chi connectivity index (χ1v) is 31.8. The summed E-state index contributed by atoms with van der Waals surface area (Å²) in [4.78, 5) is 10.1. The van der Waals surface area contributed by atoms with Crippen LogP contribution in [0.4, 0.5) is 68.2 Å². The molecule has 7 nitrogen and oxygen atoms in total. The Bertz CT molecular complexity index is 4490. The van der Waals surface area contributed by atoms with Crippen LogP contribution in [0.15, 0.2) is 231 Å². The van der Waals surface area contributed by atoms with Gasteiger partial charge in [0.05, 0.1) is 39.5 Å². The molecule has 0 fully saturated rings. The summed E-state index contributed by atoms with van der Waals surface area (Å²) in [6.07, 6.45) is 0. The molecule has 0 saturated heterocycles. The normalized spacial score (nSPS) is 14.1. The molecule has 16 rings (SSSR count). The summed E-state index contributed by atoms with van der Waals surface area (Å²) in [5.41, 5.74) is 24.3. The second-order valence-corrected chi connectivity index (χ2v) is 29.1. The molecule has 0 amide bonds. The lowest BCUT2D eigenvalue weighted by molar-refractivity contribution is 0.477. The van der Waals surface area contributed by atoms with E-state index in [0.29, 0.717) is 0 Å². The Hall–Kier alpha value is -9.92. The van der Waals surface area contributed by atoms with E-state index in [2.05, 4.69) is 338 Å². The first kappa shape index (κ1) is 55.4. The number of hydrogen-bond acceptors (Lipinski definition) is 6. The molecule has 11 aromatic carbocycles. The first-order valence-electron chi connectivity index (χ1n) is 31.8. The number of fused-ring (bicyclic) bond motifs is 11. The predicted octanol–water partition coefficient (Wildman–Crippen LogP) is 21.2. The van der Waals surface area contributed by atoms with Crippen LogP contribution in [0.2, 0.25) is 0 Å². The Balaban J connectivity index is 1.07. The van der Waals surface area contributed by atoms with Gasteiger partial charge in [0.1, 0.15) is 0 Å². The van der Waals surface area contributed by atoms with Crippen molar-refractivity contribution in [1.29, 1.82) is 0 Å². The fraction of sp³-hybridized carbons (Fsp3) is 0.195. The number of anilines is 12. The summed E-state index contributed by atoms with van der Waals surface area (Å²) in [6.45, 7) is 28.0. The SMILES string of the molecule is CC(C)(C)c1cc(N2c3cc(N4c5ccccc5Oc5ccccc54)ccc3B3c4ccc(N5c6ccccc6Oc6ccccc65)cc4N(c4cc(C(C)(C)C)cc(C(C)(C)C)c4)c4cc(-n5c6ccccc6c6ccccc65)cc2c43)cc(C(C)(C)C)c1. The minimum absolute atomic E-state index is 0.164. The number of benzene rings is 11. The lowest BCUT2D eigenvalue weighted by atomic mass is 9.33. The van der Waals surface area contributed by atoms with E-state index < -0.39 is 0 Å². The molecule has 0 bridgehead atoms. The van der Waals surface area contributed by atoms with Crippen LogP contribution in [0.25, 0.3) is 27.5 Å². The summed E-state index contributed by atoms with van der Waals surface area (Å²) in [6, 6.07) is 86.0. The Labute approximate surface area is 530 Å². The van der Waals surface area contributed by atoms with Crippen molar-refractivity contribution in [1.82, 2.24) is 4.57 Å². The van der Waals surface area contributed by atoms with Crippen LogP contribution in [0, 0.1) is 0 Å². The smallest absolute Gasteiger partial charge is 0.252 e. The van der Waals surface area contributed by atoms with Gasteiger partial charge in [-0.1, -0.05) is 192 Å². The van der Waals surface area contributed by atoms with Gasteiger partial charge in [0.2, 0.25) is 0 Å². The van der Waals surface area contributed by atoms with Crippen molar-refractivity contribution in [3.8, 4) is 28.7 Å². The molecule has 442 valence electrons. The molecule has 90 heavy (non-hydrogen) atoms. The molecule has 0 radical (unpaired) electrons. The monoisotopic (exact) mass is 1170 g/mol. The van der Waals surface area contributed by atoms with Gasteiger partial charge in [0.15, 0.2) is 23.0 Å². The Kier molecular flexibility index (Phi) is 12.2.